The summed E-state index contributed by atoms with van der Waals surface area (Å²) in [6.45, 7) is 7.42. The van der Waals surface area contributed by atoms with Crippen LogP contribution in [0.3, 0.4) is 0 Å². The average Bonchev–Trinajstić information content (AvgIpc) is 2.76. The number of piperidine rings is 1. The molecule has 0 aromatic carbocycles. The third kappa shape index (κ3) is 3.91. The highest BCUT2D eigenvalue weighted by atomic mass is 16.3. The summed E-state index contributed by atoms with van der Waals surface area (Å²) in [5.74, 6) is -0.170. The van der Waals surface area contributed by atoms with Crippen LogP contribution in [0.25, 0.3) is 0 Å². The third-order valence-corrected chi connectivity index (χ3v) is 4.26. The molecule has 0 bridgehead atoms. The molecule has 5 nitrogen and oxygen atoms in total. The SMILES string of the molecule is CC(C)(O)CN1CCC(N2CCCC2C(N)=O)CC1. The van der Waals surface area contributed by atoms with Gasteiger partial charge in [0.25, 0.3) is 0 Å². The topological polar surface area (TPSA) is 69.8 Å². The van der Waals surface area contributed by atoms with Crippen molar-refractivity contribution in [3.05, 3.63) is 0 Å². The summed E-state index contributed by atoms with van der Waals surface area (Å²) in [4.78, 5) is 16.1. The lowest BCUT2D eigenvalue weighted by Crippen LogP contribution is -2.51. The van der Waals surface area contributed by atoms with E-state index in [1.54, 1.807) is 0 Å². The molecular formula is C14H27N3O2. The van der Waals surface area contributed by atoms with Crippen molar-refractivity contribution in [1.82, 2.24) is 9.80 Å². The first-order valence-corrected chi connectivity index (χ1v) is 7.36. The lowest BCUT2D eigenvalue weighted by atomic mass is 10.00. The fourth-order valence-electron chi connectivity index (χ4n) is 3.49. The number of nitrogens with zero attached hydrogens (tertiary/aromatic N) is 2. The second-order valence-electron chi connectivity index (χ2n) is 6.62. The van der Waals surface area contributed by atoms with Gasteiger partial charge in [-0.25, -0.2) is 0 Å². The largest absolute Gasteiger partial charge is 0.389 e. The summed E-state index contributed by atoms with van der Waals surface area (Å²) >= 11 is 0. The summed E-state index contributed by atoms with van der Waals surface area (Å²) in [6, 6.07) is 0.434. The van der Waals surface area contributed by atoms with E-state index in [0.717, 1.165) is 51.9 Å². The molecule has 0 aliphatic carbocycles. The van der Waals surface area contributed by atoms with Gasteiger partial charge in [0, 0.05) is 12.6 Å². The Labute approximate surface area is 115 Å². The molecule has 2 fully saturated rings. The normalized spacial score (nSPS) is 27.8. The summed E-state index contributed by atoms with van der Waals surface area (Å²) in [5, 5.41) is 9.85. The van der Waals surface area contributed by atoms with Crippen molar-refractivity contribution in [3.8, 4) is 0 Å². The second kappa shape index (κ2) is 5.77. The van der Waals surface area contributed by atoms with Crippen LogP contribution in [-0.2, 0) is 4.79 Å². The van der Waals surface area contributed by atoms with Gasteiger partial charge in [0.1, 0.15) is 0 Å². The Morgan fingerprint density at radius 3 is 2.42 bits per heavy atom. The van der Waals surface area contributed by atoms with E-state index in [1.165, 1.54) is 0 Å². The smallest absolute Gasteiger partial charge is 0.234 e. The Kier molecular flexibility index (Phi) is 4.48. The van der Waals surface area contributed by atoms with Gasteiger partial charge in [-0.1, -0.05) is 0 Å². The molecule has 0 aromatic heterocycles. The zero-order valence-electron chi connectivity index (χ0n) is 12.1. The number of nitrogens with two attached hydrogens (primary N) is 1. The van der Waals surface area contributed by atoms with Crippen molar-refractivity contribution < 1.29 is 9.90 Å². The molecule has 1 atom stereocenters. The zero-order chi connectivity index (χ0) is 14.0. The molecule has 0 aromatic rings. The highest BCUT2D eigenvalue weighted by molar-refractivity contribution is 5.80. The van der Waals surface area contributed by atoms with Gasteiger partial charge in [-0.3, -0.25) is 9.69 Å². The van der Waals surface area contributed by atoms with Crippen molar-refractivity contribution in [3.63, 3.8) is 0 Å². The highest BCUT2D eigenvalue weighted by Gasteiger charge is 2.36. The number of carbonyl (C=O) groups excluding carboxylic acids is 1. The number of aliphatic hydroxyl groups is 1. The van der Waals surface area contributed by atoms with E-state index < -0.39 is 5.60 Å². The molecule has 19 heavy (non-hydrogen) atoms. The Bertz CT molecular complexity index is 319. The van der Waals surface area contributed by atoms with Crippen LogP contribution in [0.15, 0.2) is 0 Å². The average molecular weight is 269 g/mol. The van der Waals surface area contributed by atoms with E-state index in [9.17, 15) is 9.90 Å². The molecule has 0 saturated carbocycles. The molecule has 2 heterocycles. The molecule has 1 amide bonds. The molecule has 2 saturated heterocycles. The van der Waals surface area contributed by atoms with Crippen LogP contribution >= 0.6 is 0 Å². The van der Waals surface area contributed by atoms with Gasteiger partial charge in [0.2, 0.25) is 5.91 Å². The van der Waals surface area contributed by atoms with Gasteiger partial charge in [0.05, 0.1) is 11.6 Å². The van der Waals surface area contributed by atoms with E-state index >= 15 is 0 Å². The Hall–Kier alpha value is -0.650. The van der Waals surface area contributed by atoms with Gasteiger partial charge >= 0.3 is 0 Å². The summed E-state index contributed by atoms with van der Waals surface area (Å²) in [7, 11) is 0. The fraction of sp³-hybridized carbons (Fsp3) is 0.929. The lowest BCUT2D eigenvalue weighted by Gasteiger charge is -2.40. The Morgan fingerprint density at radius 2 is 1.89 bits per heavy atom. The number of rotatable bonds is 4. The Morgan fingerprint density at radius 1 is 1.26 bits per heavy atom. The number of carbonyl (C=O) groups is 1. The lowest BCUT2D eigenvalue weighted by molar-refractivity contribution is -0.123. The van der Waals surface area contributed by atoms with E-state index in [-0.39, 0.29) is 11.9 Å². The van der Waals surface area contributed by atoms with Crippen molar-refractivity contribution in [2.24, 2.45) is 5.73 Å². The van der Waals surface area contributed by atoms with Crippen molar-refractivity contribution in [2.45, 2.75) is 57.2 Å². The van der Waals surface area contributed by atoms with Gasteiger partial charge < -0.3 is 15.7 Å². The number of hydrogen-bond donors (Lipinski definition) is 2. The van der Waals surface area contributed by atoms with Crippen LogP contribution in [0.2, 0.25) is 0 Å². The van der Waals surface area contributed by atoms with Gasteiger partial charge in [-0.05, 0) is 59.2 Å². The number of primary amides is 1. The minimum Gasteiger partial charge on any atom is -0.389 e. The molecule has 5 heteroatoms. The highest BCUT2D eigenvalue weighted by Crippen LogP contribution is 2.26. The fourth-order valence-corrected chi connectivity index (χ4v) is 3.49. The van der Waals surface area contributed by atoms with Crippen molar-refractivity contribution >= 4 is 5.91 Å². The maximum Gasteiger partial charge on any atom is 0.234 e. The van der Waals surface area contributed by atoms with Crippen LogP contribution in [0.5, 0.6) is 0 Å². The molecule has 2 rings (SSSR count). The van der Waals surface area contributed by atoms with Crippen LogP contribution in [0, 0.1) is 0 Å². The van der Waals surface area contributed by atoms with Gasteiger partial charge in [-0.2, -0.15) is 0 Å². The molecular weight excluding hydrogens is 242 g/mol. The van der Waals surface area contributed by atoms with Crippen LogP contribution in [0.1, 0.15) is 39.5 Å². The second-order valence-corrected chi connectivity index (χ2v) is 6.62. The molecule has 2 aliphatic rings. The van der Waals surface area contributed by atoms with E-state index in [0.29, 0.717) is 6.04 Å². The van der Waals surface area contributed by atoms with E-state index in [4.69, 9.17) is 5.73 Å². The first-order chi connectivity index (χ1) is 8.87. The van der Waals surface area contributed by atoms with Crippen LogP contribution in [-0.4, -0.2) is 64.7 Å². The number of hydrogen-bond acceptors (Lipinski definition) is 4. The van der Waals surface area contributed by atoms with E-state index in [1.807, 2.05) is 13.8 Å². The quantitative estimate of drug-likeness (QED) is 0.763. The van der Waals surface area contributed by atoms with Crippen molar-refractivity contribution in [1.29, 1.82) is 0 Å². The maximum atomic E-state index is 11.4. The van der Waals surface area contributed by atoms with Crippen molar-refractivity contribution in [2.75, 3.05) is 26.2 Å². The van der Waals surface area contributed by atoms with Crippen LogP contribution in [0.4, 0.5) is 0 Å². The van der Waals surface area contributed by atoms with Crippen LogP contribution < -0.4 is 5.73 Å². The molecule has 110 valence electrons. The third-order valence-electron chi connectivity index (χ3n) is 4.26. The van der Waals surface area contributed by atoms with Gasteiger partial charge in [0.15, 0.2) is 0 Å². The molecule has 0 spiro atoms. The molecule has 0 radical (unpaired) electrons. The molecule has 2 aliphatic heterocycles. The monoisotopic (exact) mass is 269 g/mol. The number of amides is 1. The molecule has 3 N–H and O–H groups in total. The predicted octanol–water partition coefficient (Wildman–Crippen LogP) is 0.171. The number of likely N-dealkylation sites (tertiary alicyclic amines) is 2. The summed E-state index contributed by atoms with van der Waals surface area (Å²) in [5.41, 5.74) is 4.85. The molecule has 1 unspecified atom stereocenters. The first kappa shape index (κ1) is 14.8. The minimum absolute atomic E-state index is 0.0502. The number of β-amino-alcohol motifs (C(OH)–C–C–N with tert-alkyl or cyclic N) is 1. The summed E-state index contributed by atoms with van der Waals surface area (Å²) < 4.78 is 0. The zero-order valence-corrected chi connectivity index (χ0v) is 12.1. The maximum absolute atomic E-state index is 11.4. The Balaban J connectivity index is 1.84. The van der Waals surface area contributed by atoms with Gasteiger partial charge in [-0.15, -0.1) is 0 Å². The standard InChI is InChI=1S/C14H27N3O2/c1-14(2,19)10-16-8-5-11(6-9-16)17-7-3-4-12(17)13(15)18/h11-12,19H,3-10H2,1-2H3,(H2,15,18). The minimum atomic E-state index is -0.629. The first-order valence-electron chi connectivity index (χ1n) is 7.36. The predicted molar refractivity (Wildman–Crippen MR) is 74.7 cm³/mol. The van der Waals surface area contributed by atoms with E-state index in [2.05, 4.69) is 9.80 Å². The summed E-state index contributed by atoms with van der Waals surface area (Å²) in [6.07, 6.45) is 4.14.